The van der Waals surface area contributed by atoms with Crippen LogP contribution in [0.4, 0.5) is 5.95 Å². The van der Waals surface area contributed by atoms with E-state index in [-0.39, 0.29) is 0 Å². The van der Waals surface area contributed by atoms with E-state index in [2.05, 4.69) is 32.8 Å². The zero-order chi connectivity index (χ0) is 13.0. The Balaban J connectivity index is 2.25. The average Bonchev–Trinajstić information content (AvgIpc) is 2.78. The first kappa shape index (κ1) is 12.6. The Morgan fingerprint density at radius 1 is 1.28 bits per heavy atom. The summed E-state index contributed by atoms with van der Waals surface area (Å²) in [6.45, 7) is 7.16. The molecule has 1 N–H and O–H groups in total. The van der Waals surface area contributed by atoms with Crippen molar-refractivity contribution >= 4 is 5.95 Å². The maximum absolute atomic E-state index is 4.49. The summed E-state index contributed by atoms with van der Waals surface area (Å²) in [6.07, 6.45) is 6.11. The summed E-state index contributed by atoms with van der Waals surface area (Å²) >= 11 is 0. The number of aryl methyl sites for hydroxylation is 2. The fourth-order valence-corrected chi connectivity index (χ4v) is 1.94. The number of nitrogens with one attached hydrogen (secondary N) is 1. The average molecular weight is 244 g/mol. The molecular weight excluding hydrogens is 224 g/mol. The van der Waals surface area contributed by atoms with E-state index in [0.29, 0.717) is 0 Å². The van der Waals surface area contributed by atoms with Crippen LogP contribution in [0.2, 0.25) is 0 Å². The molecule has 0 spiro atoms. The van der Waals surface area contributed by atoms with Crippen molar-refractivity contribution in [1.29, 1.82) is 0 Å². The third kappa shape index (κ3) is 2.70. The molecule has 0 aromatic carbocycles. The Morgan fingerprint density at radius 2 is 2.11 bits per heavy atom. The minimum absolute atomic E-state index is 0.886. The number of aromatic nitrogens is 3. The molecule has 18 heavy (non-hydrogen) atoms. The number of hydrogen-bond acceptors (Lipinski definition) is 3. The molecule has 0 unspecified atom stereocenters. The highest BCUT2D eigenvalue weighted by molar-refractivity contribution is 5.44. The molecule has 0 atom stereocenters. The van der Waals surface area contributed by atoms with Crippen LogP contribution in [0, 0.1) is 13.8 Å². The topological polar surface area (TPSA) is 42.7 Å². The van der Waals surface area contributed by atoms with Crippen molar-refractivity contribution in [3.8, 4) is 5.69 Å². The molecule has 0 aliphatic rings. The van der Waals surface area contributed by atoms with Crippen LogP contribution in [-0.4, -0.2) is 21.1 Å². The molecular formula is C14H20N4. The lowest BCUT2D eigenvalue weighted by Gasteiger charge is -2.11. The number of nitrogens with zero attached hydrogens (tertiary/aromatic N) is 3. The second-order valence-corrected chi connectivity index (χ2v) is 4.46. The van der Waals surface area contributed by atoms with Crippen LogP contribution in [0.15, 0.2) is 24.5 Å². The van der Waals surface area contributed by atoms with Crippen LogP contribution in [0.1, 0.15) is 31.2 Å². The van der Waals surface area contributed by atoms with E-state index < -0.39 is 0 Å². The standard InChI is InChI=1S/C14H20N4/c1-4-5-8-15-14-16-9-10-18(14)13-7-6-11(2)17-12(13)3/h6-7,9-10H,4-5,8H2,1-3H3,(H,15,16). The van der Waals surface area contributed by atoms with Crippen molar-refractivity contribution < 1.29 is 0 Å². The van der Waals surface area contributed by atoms with Gasteiger partial charge < -0.3 is 5.32 Å². The van der Waals surface area contributed by atoms with Crippen molar-refractivity contribution in [3.63, 3.8) is 0 Å². The maximum atomic E-state index is 4.49. The van der Waals surface area contributed by atoms with E-state index in [4.69, 9.17) is 0 Å². The van der Waals surface area contributed by atoms with Gasteiger partial charge in [0.25, 0.3) is 0 Å². The van der Waals surface area contributed by atoms with E-state index in [1.54, 1.807) is 0 Å². The zero-order valence-corrected chi connectivity index (χ0v) is 11.3. The minimum atomic E-state index is 0.886. The smallest absolute Gasteiger partial charge is 0.207 e. The Kier molecular flexibility index (Phi) is 3.97. The molecule has 0 fully saturated rings. The van der Waals surface area contributed by atoms with Crippen molar-refractivity contribution in [2.45, 2.75) is 33.6 Å². The summed E-state index contributed by atoms with van der Waals surface area (Å²) in [5.41, 5.74) is 3.14. The van der Waals surface area contributed by atoms with Crippen LogP contribution < -0.4 is 5.32 Å². The first-order chi connectivity index (χ1) is 8.72. The van der Waals surface area contributed by atoms with E-state index in [1.807, 2.05) is 32.3 Å². The summed E-state index contributed by atoms with van der Waals surface area (Å²) in [4.78, 5) is 8.84. The first-order valence-corrected chi connectivity index (χ1v) is 6.44. The van der Waals surface area contributed by atoms with Crippen LogP contribution in [0.25, 0.3) is 5.69 Å². The number of pyridine rings is 1. The molecule has 0 radical (unpaired) electrons. The van der Waals surface area contributed by atoms with Crippen molar-refractivity contribution in [3.05, 3.63) is 35.9 Å². The van der Waals surface area contributed by atoms with Crippen molar-refractivity contribution in [2.24, 2.45) is 0 Å². The van der Waals surface area contributed by atoms with Crippen LogP contribution in [0.3, 0.4) is 0 Å². The molecule has 0 amide bonds. The van der Waals surface area contributed by atoms with Gasteiger partial charge >= 0.3 is 0 Å². The molecule has 0 bridgehead atoms. The minimum Gasteiger partial charge on any atom is -0.355 e. The lowest BCUT2D eigenvalue weighted by Crippen LogP contribution is -2.08. The quantitative estimate of drug-likeness (QED) is 0.822. The lowest BCUT2D eigenvalue weighted by atomic mass is 10.2. The van der Waals surface area contributed by atoms with Gasteiger partial charge in [0.2, 0.25) is 5.95 Å². The zero-order valence-electron chi connectivity index (χ0n) is 11.3. The predicted octanol–water partition coefficient (Wildman–Crippen LogP) is 3.10. The summed E-state index contributed by atoms with van der Waals surface area (Å²) in [7, 11) is 0. The number of anilines is 1. The van der Waals surface area contributed by atoms with Crippen LogP contribution in [0.5, 0.6) is 0 Å². The highest BCUT2D eigenvalue weighted by Gasteiger charge is 2.07. The van der Waals surface area contributed by atoms with E-state index in [0.717, 1.165) is 36.0 Å². The van der Waals surface area contributed by atoms with Gasteiger partial charge in [0, 0.05) is 24.6 Å². The molecule has 2 aromatic heterocycles. The second-order valence-electron chi connectivity index (χ2n) is 4.46. The van der Waals surface area contributed by atoms with Gasteiger partial charge in [-0.05, 0) is 32.4 Å². The molecule has 0 aliphatic carbocycles. The molecule has 2 heterocycles. The monoisotopic (exact) mass is 244 g/mol. The number of imidazole rings is 1. The van der Waals surface area contributed by atoms with Gasteiger partial charge in [-0.2, -0.15) is 0 Å². The van der Waals surface area contributed by atoms with Gasteiger partial charge in [-0.25, -0.2) is 4.98 Å². The Bertz CT molecular complexity index is 516. The highest BCUT2D eigenvalue weighted by Crippen LogP contribution is 2.17. The third-order valence-electron chi connectivity index (χ3n) is 2.91. The summed E-state index contributed by atoms with van der Waals surface area (Å²) in [5, 5.41) is 3.36. The van der Waals surface area contributed by atoms with Crippen molar-refractivity contribution in [1.82, 2.24) is 14.5 Å². The molecule has 96 valence electrons. The van der Waals surface area contributed by atoms with E-state index in [1.165, 1.54) is 6.42 Å². The third-order valence-corrected chi connectivity index (χ3v) is 2.91. The van der Waals surface area contributed by atoms with Crippen LogP contribution in [-0.2, 0) is 0 Å². The lowest BCUT2D eigenvalue weighted by molar-refractivity contribution is 0.822. The first-order valence-electron chi connectivity index (χ1n) is 6.44. The fraction of sp³-hybridized carbons (Fsp3) is 0.429. The van der Waals surface area contributed by atoms with E-state index >= 15 is 0 Å². The SMILES string of the molecule is CCCCNc1nccn1-c1ccc(C)nc1C. The van der Waals surface area contributed by atoms with Gasteiger partial charge in [0.05, 0.1) is 11.4 Å². The molecule has 0 saturated heterocycles. The Labute approximate surface area is 108 Å². The maximum Gasteiger partial charge on any atom is 0.207 e. The Hall–Kier alpha value is -1.84. The normalized spacial score (nSPS) is 10.6. The highest BCUT2D eigenvalue weighted by atomic mass is 15.2. The van der Waals surface area contributed by atoms with Gasteiger partial charge in [0.1, 0.15) is 0 Å². The van der Waals surface area contributed by atoms with Gasteiger partial charge in [-0.15, -0.1) is 0 Å². The van der Waals surface area contributed by atoms with Gasteiger partial charge in [-0.1, -0.05) is 13.3 Å². The predicted molar refractivity (Wildman–Crippen MR) is 74.2 cm³/mol. The molecule has 0 aliphatic heterocycles. The Morgan fingerprint density at radius 3 is 2.83 bits per heavy atom. The van der Waals surface area contributed by atoms with Crippen molar-refractivity contribution in [2.75, 3.05) is 11.9 Å². The van der Waals surface area contributed by atoms with E-state index in [9.17, 15) is 0 Å². The largest absolute Gasteiger partial charge is 0.355 e. The number of unbranched alkanes of at least 4 members (excludes halogenated alkanes) is 1. The molecule has 4 nitrogen and oxygen atoms in total. The molecule has 2 rings (SSSR count). The van der Waals surface area contributed by atoms with Gasteiger partial charge in [-0.3, -0.25) is 9.55 Å². The molecule has 2 aromatic rings. The fourth-order valence-electron chi connectivity index (χ4n) is 1.94. The molecule has 0 saturated carbocycles. The summed E-state index contributed by atoms with van der Waals surface area (Å²) in [6, 6.07) is 4.11. The number of hydrogen-bond donors (Lipinski definition) is 1. The molecule has 4 heteroatoms. The number of rotatable bonds is 5. The van der Waals surface area contributed by atoms with Crippen LogP contribution >= 0.6 is 0 Å². The summed E-state index contributed by atoms with van der Waals surface area (Å²) in [5.74, 6) is 0.886. The summed E-state index contributed by atoms with van der Waals surface area (Å²) < 4.78 is 2.05. The second kappa shape index (κ2) is 5.67. The van der Waals surface area contributed by atoms with Gasteiger partial charge in [0.15, 0.2) is 0 Å².